The van der Waals surface area contributed by atoms with E-state index < -0.39 is 0 Å². The molecule has 0 atom stereocenters. The van der Waals surface area contributed by atoms with Crippen LogP contribution in [0.25, 0.3) is 11.0 Å². The van der Waals surface area contributed by atoms with Gasteiger partial charge in [-0.25, -0.2) is 9.78 Å². The molecule has 74 valence electrons. The van der Waals surface area contributed by atoms with E-state index in [4.69, 9.17) is 5.26 Å². The molecule has 0 fully saturated rings. The van der Waals surface area contributed by atoms with Gasteiger partial charge in [-0.3, -0.25) is 4.57 Å². The van der Waals surface area contributed by atoms with E-state index in [1.54, 1.807) is 26.1 Å². The summed E-state index contributed by atoms with van der Waals surface area (Å²) in [6, 6.07) is 5.24. The zero-order valence-electron chi connectivity index (χ0n) is 8.35. The molecule has 0 bridgehead atoms. The van der Waals surface area contributed by atoms with Gasteiger partial charge in [0.05, 0.1) is 11.2 Å². The van der Waals surface area contributed by atoms with Gasteiger partial charge in [-0.2, -0.15) is 10.2 Å². The fourth-order valence-corrected chi connectivity index (χ4v) is 1.43. The summed E-state index contributed by atoms with van der Waals surface area (Å²) in [6.07, 6.45) is 0. The molecule has 0 unspecified atom stereocenters. The minimum Gasteiger partial charge on any atom is -0.293 e. The molecule has 5 heteroatoms. The number of aryl methyl sites for hydroxylation is 2. The standard InChI is InChI=1S/C10H8N4O/c1-6-9-8(14(2)10(15)12-6)4-3-7(5-11)13-9/h3-4H,1-2H3. The van der Waals surface area contributed by atoms with Crippen molar-refractivity contribution in [1.82, 2.24) is 14.5 Å². The molecule has 0 saturated carbocycles. The number of fused-ring (bicyclic) bond motifs is 1. The number of nitrogens with zero attached hydrogens (tertiary/aromatic N) is 4. The van der Waals surface area contributed by atoms with Crippen LogP contribution in [0.4, 0.5) is 0 Å². The fourth-order valence-electron chi connectivity index (χ4n) is 1.43. The van der Waals surface area contributed by atoms with Crippen molar-refractivity contribution < 1.29 is 0 Å². The van der Waals surface area contributed by atoms with Crippen LogP contribution in [0.1, 0.15) is 11.4 Å². The predicted molar refractivity (Wildman–Crippen MR) is 54.2 cm³/mol. The summed E-state index contributed by atoms with van der Waals surface area (Å²) in [7, 11) is 1.63. The van der Waals surface area contributed by atoms with Crippen molar-refractivity contribution >= 4 is 11.0 Å². The number of aromatic nitrogens is 3. The lowest BCUT2D eigenvalue weighted by molar-refractivity contribution is 0.838. The fraction of sp³-hybridized carbons (Fsp3) is 0.200. The molecule has 0 aliphatic carbocycles. The number of pyridine rings is 1. The predicted octanol–water partition coefficient (Wildman–Crippen LogP) is 0.509. The highest BCUT2D eigenvalue weighted by Gasteiger charge is 2.06. The second kappa shape index (κ2) is 3.17. The number of hydrogen-bond donors (Lipinski definition) is 0. The van der Waals surface area contributed by atoms with Crippen LogP contribution in [0.3, 0.4) is 0 Å². The third-order valence-electron chi connectivity index (χ3n) is 2.24. The summed E-state index contributed by atoms with van der Waals surface area (Å²) in [5.41, 5.74) is 1.84. The third-order valence-corrected chi connectivity index (χ3v) is 2.24. The summed E-state index contributed by atoms with van der Waals surface area (Å²) in [5.74, 6) is 0. The minimum atomic E-state index is -0.313. The first-order valence-electron chi connectivity index (χ1n) is 4.38. The first-order chi connectivity index (χ1) is 7.13. The minimum absolute atomic E-state index is 0.313. The van der Waals surface area contributed by atoms with E-state index >= 15 is 0 Å². The largest absolute Gasteiger partial charge is 0.348 e. The zero-order valence-corrected chi connectivity index (χ0v) is 8.35. The van der Waals surface area contributed by atoms with E-state index in [-0.39, 0.29) is 5.69 Å². The van der Waals surface area contributed by atoms with Gasteiger partial charge in [0.2, 0.25) is 0 Å². The first-order valence-corrected chi connectivity index (χ1v) is 4.38. The molecule has 0 saturated heterocycles. The Morgan fingerprint density at radius 3 is 2.80 bits per heavy atom. The smallest absolute Gasteiger partial charge is 0.293 e. The first kappa shape index (κ1) is 9.34. The van der Waals surface area contributed by atoms with Gasteiger partial charge in [0.25, 0.3) is 0 Å². The van der Waals surface area contributed by atoms with Gasteiger partial charge in [-0.05, 0) is 19.1 Å². The summed E-state index contributed by atoms with van der Waals surface area (Å²) >= 11 is 0. The zero-order chi connectivity index (χ0) is 11.0. The Bertz CT molecular complexity index is 636. The Labute approximate surface area is 85.6 Å². The van der Waals surface area contributed by atoms with E-state index in [9.17, 15) is 4.79 Å². The lowest BCUT2D eigenvalue weighted by Gasteiger charge is -2.04. The molecule has 2 aromatic rings. The van der Waals surface area contributed by atoms with Crippen LogP contribution in [0.2, 0.25) is 0 Å². The van der Waals surface area contributed by atoms with Crippen molar-refractivity contribution in [3.8, 4) is 6.07 Å². The van der Waals surface area contributed by atoms with E-state index in [0.717, 1.165) is 0 Å². The molecule has 0 radical (unpaired) electrons. The Morgan fingerprint density at radius 2 is 2.13 bits per heavy atom. The molecular weight excluding hydrogens is 192 g/mol. The van der Waals surface area contributed by atoms with Crippen LogP contribution in [0, 0.1) is 18.3 Å². The van der Waals surface area contributed by atoms with Gasteiger partial charge in [0.15, 0.2) is 0 Å². The molecule has 0 aromatic carbocycles. The topological polar surface area (TPSA) is 71.6 Å². The molecule has 5 nitrogen and oxygen atoms in total. The van der Waals surface area contributed by atoms with Crippen LogP contribution < -0.4 is 5.69 Å². The second-order valence-corrected chi connectivity index (χ2v) is 3.21. The maximum absolute atomic E-state index is 11.4. The van der Waals surface area contributed by atoms with Crippen LogP contribution >= 0.6 is 0 Å². The van der Waals surface area contributed by atoms with Crippen molar-refractivity contribution in [3.05, 3.63) is 34.0 Å². The SMILES string of the molecule is Cc1nc(=O)n(C)c2ccc(C#N)nc12. The van der Waals surface area contributed by atoms with Crippen molar-refractivity contribution in [1.29, 1.82) is 5.26 Å². The highest BCUT2D eigenvalue weighted by molar-refractivity contribution is 5.77. The van der Waals surface area contributed by atoms with E-state index in [1.165, 1.54) is 4.57 Å². The van der Waals surface area contributed by atoms with E-state index in [0.29, 0.717) is 22.4 Å². The summed E-state index contributed by atoms with van der Waals surface area (Å²) in [4.78, 5) is 19.3. The van der Waals surface area contributed by atoms with Crippen LogP contribution in [-0.2, 0) is 7.05 Å². The van der Waals surface area contributed by atoms with Crippen molar-refractivity contribution in [3.63, 3.8) is 0 Å². The Hall–Kier alpha value is -2.22. The lowest BCUT2D eigenvalue weighted by Crippen LogP contribution is -2.21. The number of nitriles is 1. The Morgan fingerprint density at radius 1 is 1.40 bits per heavy atom. The van der Waals surface area contributed by atoms with Gasteiger partial charge in [-0.15, -0.1) is 0 Å². The molecule has 2 heterocycles. The molecule has 0 N–H and O–H groups in total. The quantitative estimate of drug-likeness (QED) is 0.621. The molecule has 0 aliphatic heterocycles. The molecule has 0 amide bonds. The summed E-state index contributed by atoms with van der Waals surface area (Å²) in [5, 5.41) is 8.71. The average molecular weight is 200 g/mol. The van der Waals surface area contributed by atoms with Crippen LogP contribution in [-0.4, -0.2) is 14.5 Å². The number of rotatable bonds is 0. The monoisotopic (exact) mass is 200 g/mol. The van der Waals surface area contributed by atoms with Gasteiger partial charge in [-0.1, -0.05) is 0 Å². The number of hydrogen-bond acceptors (Lipinski definition) is 4. The van der Waals surface area contributed by atoms with Crippen molar-refractivity contribution in [2.45, 2.75) is 6.92 Å². The van der Waals surface area contributed by atoms with Gasteiger partial charge < -0.3 is 0 Å². The Balaban J connectivity index is 2.98. The van der Waals surface area contributed by atoms with Gasteiger partial charge in [0.1, 0.15) is 17.3 Å². The van der Waals surface area contributed by atoms with E-state index in [2.05, 4.69) is 9.97 Å². The second-order valence-electron chi connectivity index (χ2n) is 3.21. The third kappa shape index (κ3) is 1.36. The van der Waals surface area contributed by atoms with Crippen LogP contribution in [0.5, 0.6) is 0 Å². The molecule has 0 spiro atoms. The normalized spacial score (nSPS) is 10.2. The van der Waals surface area contributed by atoms with Crippen molar-refractivity contribution in [2.24, 2.45) is 7.05 Å². The molecule has 15 heavy (non-hydrogen) atoms. The molecule has 2 aromatic heterocycles. The highest BCUT2D eigenvalue weighted by atomic mass is 16.1. The lowest BCUT2D eigenvalue weighted by atomic mass is 10.2. The van der Waals surface area contributed by atoms with Crippen LogP contribution in [0.15, 0.2) is 16.9 Å². The maximum atomic E-state index is 11.4. The highest BCUT2D eigenvalue weighted by Crippen LogP contribution is 2.11. The van der Waals surface area contributed by atoms with Gasteiger partial charge >= 0.3 is 5.69 Å². The molecular formula is C10H8N4O. The average Bonchev–Trinajstić information content (AvgIpc) is 2.25. The van der Waals surface area contributed by atoms with Crippen molar-refractivity contribution in [2.75, 3.05) is 0 Å². The van der Waals surface area contributed by atoms with E-state index in [1.807, 2.05) is 6.07 Å². The Kier molecular flexibility index (Phi) is 1.97. The summed E-state index contributed by atoms with van der Waals surface area (Å²) in [6.45, 7) is 1.71. The maximum Gasteiger partial charge on any atom is 0.348 e. The van der Waals surface area contributed by atoms with Gasteiger partial charge in [0, 0.05) is 7.05 Å². The summed E-state index contributed by atoms with van der Waals surface area (Å²) < 4.78 is 1.41. The molecule has 0 aliphatic rings. The molecule has 2 rings (SSSR count).